The van der Waals surface area contributed by atoms with Crippen LogP contribution >= 0.6 is 0 Å². The minimum Gasteiger partial charge on any atom is -0.389 e. The molecule has 2 N–H and O–H groups in total. The summed E-state index contributed by atoms with van der Waals surface area (Å²) in [4.78, 5) is 13.8. The van der Waals surface area contributed by atoms with Crippen molar-refractivity contribution >= 4 is 15.7 Å². The third-order valence-corrected chi connectivity index (χ3v) is 5.75. The smallest absolute Gasteiger partial charge is 0.234 e. The third-order valence-electron chi connectivity index (χ3n) is 3.84. The predicted octanol–water partition coefficient (Wildman–Crippen LogP) is -0.863. The molecule has 1 amide bonds. The highest BCUT2D eigenvalue weighted by atomic mass is 32.2. The van der Waals surface area contributed by atoms with Crippen LogP contribution < -0.4 is 5.32 Å². The van der Waals surface area contributed by atoms with E-state index in [1.807, 2.05) is 4.90 Å². The van der Waals surface area contributed by atoms with Gasteiger partial charge in [0.15, 0.2) is 9.84 Å². The fraction of sp³-hybridized carbons (Fsp3) is 0.917. The lowest BCUT2D eigenvalue weighted by Crippen LogP contribution is -2.50. The Morgan fingerprint density at radius 1 is 1.37 bits per heavy atom. The van der Waals surface area contributed by atoms with Gasteiger partial charge in [-0.3, -0.25) is 9.69 Å². The van der Waals surface area contributed by atoms with Gasteiger partial charge in [-0.05, 0) is 26.7 Å². The van der Waals surface area contributed by atoms with E-state index in [4.69, 9.17) is 0 Å². The van der Waals surface area contributed by atoms with E-state index in [9.17, 15) is 18.3 Å². The van der Waals surface area contributed by atoms with Gasteiger partial charge in [0.1, 0.15) is 0 Å². The Kier molecular flexibility index (Phi) is 3.66. The van der Waals surface area contributed by atoms with E-state index >= 15 is 0 Å². The Morgan fingerprint density at radius 3 is 2.53 bits per heavy atom. The normalized spacial score (nSPS) is 38.5. The SMILES string of the molecule is CC1(O)CCN(CC(=O)NC2(C)CCS(=O)(=O)C2)C1. The molecule has 0 saturated carbocycles. The summed E-state index contributed by atoms with van der Waals surface area (Å²) in [5, 5.41) is 12.7. The number of carbonyl (C=O) groups excluding carboxylic acids is 1. The molecule has 2 unspecified atom stereocenters. The van der Waals surface area contributed by atoms with Crippen LogP contribution in [0.15, 0.2) is 0 Å². The fourth-order valence-corrected chi connectivity index (χ4v) is 4.96. The quantitative estimate of drug-likeness (QED) is 0.706. The van der Waals surface area contributed by atoms with Gasteiger partial charge < -0.3 is 10.4 Å². The van der Waals surface area contributed by atoms with E-state index in [0.29, 0.717) is 25.9 Å². The van der Waals surface area contributed by atoms with E-state index in [0.717, 1.165) is 0 Å². The molecule has 2 fully saturated rings. The molecule has 0 aromatic rings. The van der Waals surface area contributed by atoms with Crippen LogP contribution in [0.4, 0.5) is 0 Å². The second-order valence-electron chi connectivity index (χ2n) is 6.41. The van der Waals surface area contributed by atoms with Gasteiger partial charge in [-0.2, -0.15) is 0 Å². The van der Waals surface area contributed by atoms with Crippen LogP contribution in [-0.4, -0.2) is 66.6 Å². The molecule has 0 aromatic carbocycles. The van der Waals surface area contributed by atoms with Crippen LogP contribution in [0, 0.1) is 0 Å². The Balaban J connectivity index is 1.86. The molecule has 2 atom stereocenters. The van der Waals surface area contributed by atoms with Crippen molar-refractivity contribution in [2.24, 2.45) is 0 Å². The van der Waals surface area contributed by atoms with Gasteiger partial charge in [0, 0.05) is 13.1 Å². The average Bonchev–Trinajstić information content (AvgIpc) is 2.66. The summed E-state index contributed by atoms with van der Waals surface area (Å²) in [6.45, 7) is 4.92. The minimum atomic E-state index is -3.01. The number of hydrogen-bond donors (Lipinski definition) is 2. The lowest BCUT2D eigenvalue weighted by Gasteiger charge is -2.26. The van der Waals surface area contributed by atoms with Gasteiger partial charge in [-0.25, -0.2) is 8.42 Å². The molecular weight excluding hydrogens is 268 g/mol. The van der Waals surface area contributed by atoms with Crippen molar-refractivity contribution in [1.82, 2.24) is 10.2 Å². The molecule has 0 radical (unpaired) electrons. The van der Waals surface area contributed by atoms with Gasteiger partial charge in [0.25, 0.3) is 0 Å². The van der Waals surface area contributed by atoms with Crippen LogP contribution in [0.2, 0.25) is 0 Å². The minimum absolute atomic E-state index is 0.0173. The van der Waals surface area contributed by atoms with E-state index in [1.54, 1.807) is 13.8 Å². The molecule has 7 heteroatoms. The number of carbonyl (C=O) groups is 1. The summed E-state index contributed by atoms with van der Waals surface area (Å²) in [6.07, 6.45) is 1.13. The molecule has 0 bridgehead atoms. The van der Waals surface area contributed by atoms with Crippen molar-refractivity contribution in [3.8, 4) is 0 Å². The number of likely N-dealkylation sites (tertiary alicyclic amines) is 1. The second kappa shape index (κ2) is 4.71. The van der Waals surface area contributed by atoms with E-state index < -0.39 is 21.0 Å². The molecule has 2 aliphatic heterocycles. The van der Waals surface area contributed by atoms with Gasteiger partial charge in [0.05, 0.1) is 29.2 Å². The van der Waals surface area contributed by atoms with Gasteiger partial charge in [-0.1, -0.05) is 0 Å². The number of nitrogens with zero attached hydrogens (tertiary/aromatic N) is 1. The van der Waals surface area contributed by atoms with E-state index in [1.165, 1.54) is 0 Å². The first-order chi connectivity index (χ1) is 8.59. The van der Waals surface area contributed by atoms with Crippen molar-refractivity contribution in [3.05, 3.63) is 0 Å². The Labute approximate surface area is 114 Å². The highest BCUT2D eigenvalue weighted by molar-refractivity contribution is 7.91. The lowest BCUT2D eigenvalue weighted by molar-refractivity contribution is -0.123. The summed E-state index contributed by atoms with van der Waals surface area (Å²) in [6, 6.07) is 0. The molecule has 6 nitrogen and oxygen atoms in total. The van der Waals surface area contributed by atoms with Crippen molar-refractivity contribution in [3.63, 3.8) is 0 Å². The monoisotopic (exact) mass is 290 g/mol. The summed E-state index contributed by atoms with van der Waals surface area (Å²) >= 11 is 0. The van der Waals surface area contributed by atoms with E-state index in [-0.39, 0.29) is 24.0 Å². The highest BCUT2D eigenvalue weighted by Crippen LogP contribution is 2.23. The third kappa shape index (κ3) is 3.90. The van der Waals surface area contributed by atoms with Gasteiger partial charge in [0.2, 0.25) is 5.91 Å². The van der Waals surface area contributed by atoms with Crippen molar-refractivity contribution in [1.29, 1.82) is 0 Å². The number of amides is 1. The van der Waals surface area contributed by atoms with Gasteiger partial charge in [-0.15, -0.1) is 0 Å². The molecule has 2 aliphatic rings. The number of nitrogens with one attached hydrogen (secondary N) is 1. The van der Waals surface area contributed by atoms with Crippen LogP contribution in [-0.2, 0) is 14.6 Å². The van der Waals surface area contributed by atoms with Crippen LogP contribution in [0.1, 0.15) is 26.7 Å². The standard InChI is InChI=1S/C12H22N2O4S/c1-11(4-6-19(17,18)9-11)13-10(15)7-14-5-3-12(2,16)8-14/h16H,3-9H2,1-2H3,(H,13,15). The van der Waals surface area contributed by atoms with Crippen molar-refractivity contribution < 1.29 is 18.3 Å². The maximum atomic E-state index is 12.0. The largest absolute Gasteiger partial charge is 0.389 e. The van der Waals surface area contributed by atoms with Crippen LogP contribution in [0.3, 0.4) is 0 Å². The summed E-state index contributed by atoms with van der Waals surface area (Å²) in [5.41, 5.74) is -1.36. The zero-order valence-corrected chi connectivity index (χ0v) is 12.3. The first kappa shape index (κ1) is 14.7. The topological polar surface area (TPSA) is 86.7 Å². The predicted molar refractivity (Wildman–Crippen MR) is 71.5 cm³/mol. The summed E-state index contributed by atoms with van der Waals surface area (Å²) in [7, 11) is -3.01. The second-order valence-corrected chi connectivity index (χ2v) is 8.59. The highest BCUT2D eigenvalue weighted by Gasteiger charge is 2.40. The van der Waals surface area contributed by atoms with Crippen LogP contribution in [0.25, 0.3) is 0 Å². The first-order valence-electron chi connectivity index (χ1n) is 6.55. The number of rotatable bonds is 3. The van der Waals surface area contributed by atoms with Crippen molar-refractivity contribution in [2.75, 3.05) is 31.1 Å². The molecule has 0 spiro atoms. The number of β-amino-alcohol motifs (C(OH)–C–C–N with tert-alkyl or cyclic N) is 1. The van der Waals surface area contributed by atoms with Gasteiger partial charge >= 0.3 is 0 Å². The molecule has 2 rings (SSSR count). The lowest BCUT2D eigenvalue weighted by atomic mass is 10.0. The Bertz CT molecular complexity index is 474. The Morgan fingerprint density at radius 2 is 2.05 bits per heavy atom. The number of aliphatic hydroxyl groups is 1. The average molecular weight is 290 g/mol. The zero-order chi connectivity index (χ0) is 14.3. The molecule has 2 heterocycles. The molecule has 0 aromatic heterocycles. The molecule has 110 valence electrons. The molecule has 0 aliphatic carbocycles. The molecule has 19 heavy (non-hydrogen) atoms. The summed E-state index contributed by atoms with van der Waals surface area (Å²) in [5.74, 6) is -0.0108. The maximum absolute atomic E-state index is 12.0. The molecule has 2 saturated heterocycles. The Hall–Kier alpha value is -0.660. The van der Waals surface area contributed by atoms with E-state index in [2.05, 4.69) is 5.32 Å². The summed E-state index contributed by atoms with van der Waals surface area (Å²) < 4.78 is 22.9. The molecular formula is C12H22N2O4S. The fourth-order valence-electron chi connectivity index (χ4n) is 2.86. The number of hydrogen-bond acceptors (Lipinski definition) is 5. The maximum Gasteiger partial charge on any atom is 0.234 e. The van der Waals surface area contributed by atoms with Crippen LogP contribution in [0.5, 0.6) is 0 Å². The van der Waals surface area contributed by atoms with Crippen molar-refractivity contribution in [2.45, 2.75) is 37.8 Å². The zero-order valence-electron chi connectivity index (χ0n) is 11.5. The first-order valence-corrected chi connectivity index (χ1v) is 8.38. The number of sulfone groups is 1.